The molecule has 0 bridgehead atoms. The molecular weight excluding hydrogens is 268 g/mol. The van der Waals surface area contributed by atoms with E-state index in [2.05, 4.69) is 28.1 Å². The van der Waals surface area contributed by atoms with Crippen molar-refractivity contribution in [1.82, 2.24) is 0 Å². The van der Waals surface area contributed by atoms with Crippen molar-refractivity contribution in [2.45, 2.75) is 25.2 Å². The quantitative estimate of drug-likeness (QED) is 0.897. The average Bonchev–Trinajstić information content (AvgIpc) is 2.30. The Morgan fingerprint density at radius 2 is 2.00 bits per heavy atom. The number of rotatable bonds is 2. The lowest BCUT2D eigenvalue weighted by atomic mass is 9.84. The monoisotopic (exact) mass is 280 g/mol. The van der Waals surface area contributed by atoms with Gasteiger partial charge in [-0.15, -0.1) is 0 Å². The molecule has 0 spiro atoms. The first-order valence-corrected chi connectivity index (χ1v) is 6.13. The Labute approximate surface area is 103 Å². The summed E-state index contributed by atoms with van der Waals surface area (Å²) in [7, 11) is 0. The second-order valence-corrected chi connectivity index (χ2v) is 5.00. The topological polar surface area (TPSA) is 37.3 Å². The third-order valence-corrected chi connectivity index (χ3v) is 3.89. The van der Waals surface area contributed by atoms with Crippen LogP contribution in [-0.4, -0.2) is 11.1 Å². The Hall–Kier alpha value is -1.09. The summed E-state index contributed by atoms with van der Waals surface area (Å²) in [5.41, 5.74) is 1.77. The molecular formula is C13H13BrO2. The minimum Gasteiger partial charge on any atom is -0.478 e. The van der Waals surface area contributed by atoms with Gasteiger partial charge in [-0.3, -0.25) is 0 Å². The summed E-state index contributed by atoms with van der Waals surface area (Å²) in [6.45, 7) is 0. The minimum absolute atomic E-state index is 0.341. The van der Waals surface area contributed by atoms with Gasteiger partial charge in [0.05, 0.1) is 0 Å². The fourth-order valence-electron chi connectivity index (χ4n) is 2.12. The van der Waals surface area contributed by atoms with E-state index in [-0.39, 0.29) is 0 Å². The summed E-state index contributed by atoms with van der Waals surface area (Å²) in [4.78, 5) is 11.1. The second-order valence-electron chi connectivity index (χ2n) is 4.04. The van der Waals surface area contributed by atoms with Crippen LogP contribution in [0.15, 0.2) is 40.4 Å². The molecule has 2 rings (SSSR count). The molecule has 0 amide bonds. The predicted molar refractivity (Wildman–Crippen MR) is 66.6 cm³/mol. The predicted octanol–water partition coefficient (Wildman–Crippen LogP) is 3.69. The minimum atomic E-state index is -0.799. The highest BCUT2D eigenvalue weighted by atomic mass is 79.9. The molecule has 0 aliphatic heterocycles. The van der Waals surface area contributed by atoms with Gasteiger partial charge < -0.3 is 5.11 Å². The van der Waals surface area contributed by atoms with Crippen molar-refractivity contribution in [2.24, 2.45) is 0 Å². The van der Waals surface area contributed by atoms with Crippen LogP contribution in [0.1, 0.15) is 30.7 Å². The van der Waals surface area contributed by atoms with Crippen LogP contribution in [0.2, 0.25) is 0 Å². The van der Waals surface area contributed by atoms with Crippen molar-refractivity contribution in [2.75, 3.05) is 0 Å². The number of halogens is 1. The van der Waals surface area contributed by atoms with Crippen molar-refractivity contribution in [3.05, 3.63) is 46.0 Å². The molecule has 1 aliphatic rings. The molecule has 84 valence electrons. The Morgan fingerprint density at radius 3 is 2.62 bits per heavy atom. The van der Waals surface area contributed by atoms with Crippen LogP contribution in [0, 0.1) is 0 Å². The third kappa shape index (κ3) is 2.35. The van der Waals surface area contributed by atoms with E-state index in [1.807, 2.05) is 18.2 Å². The lowest BCUT2D eigenvalue weighted by Gasteiger charge is -2.23. The highest BCUT2D eigenvalue weighted by Gasteiger charge is 2.24. The molecule has 0 heterocycles. The van der Waals surface area contributed by atoms with Crippen molar-refractivity contribution < 1.29 is 9.90 Å². The van der Waals surface area contributed by atoms with Crippen LogP contribution in [-0.2, 0) is 4.79 Å². The van der Waals surface area contributed by atoms with Gasteiger partial charge in [0, 0.05) is 10.1 Å². The number of carbonyl (C=O) groups is 1. The fourth-order valence-corrected chi connectivity index (χ4v) is 2.68. The normalized spacial score (nSPS) is 20.9. The maximum absolute atomic E-state index is 11.1. The van der Waals surface area contributed by atoms with E-state index in [1.165, 1.54) is 5.56 Å². The molecule has 1 atom stereocenters. The number of benzene rings is 1. The van der Waals surface area contributed by atoms with Crippen molar-refractivity contribution in [3.8, 4) is 0 Å². The summed E-state index contributed by atoms with van der Waals surface area (Å²) in [6, 6.07) is 10.1. The van der Waals surface area contributed by atoms with Gasteiger partial charge in [-0.1, -0.05) is 46.3 Å². The van der Waals surface area contributed by atoms with E-state index in [0.29, 0.717) is 17.9 Å². The van der Waals surface area contributed by atoms with Gasteiger partial charge in [-0.05, 0) is 30.7 Å². The largest absolute Gasteiger partial charge is 0.478 e. The van der Waals surface area contributed by atoms with Gasteiger partial charge in [0.1, 0.15) is 0 Å². The number of hydrogen-bond acceptors (Lipinski definition) is 1. The molecule has 0 aromatic heterocycles. The van der Waals surface area contributed by atoms with Crippen LogP contribution in [0.5, 0.6) is 0 Å². The number of carboxylic acids is 1. The van der Waals surface area contributed by atoms with Crippen LogP contribution >= 0.6 is 15.9 Å². The molecule has 0 fully saturated rings. The first-order chi connectivity index (χ1) is 7.68. The van der Waals surface area contributed by atoms with Gasteiger partial charge in [0.15, 0.2) is 0 Å². The Kier molecular flexibility index (Phi) is 3.44. The molecule has 0 radical (unpaired) electrons. The lowest BCUT2D eigenvalue weighted by Crippen LogP contribution is -2.13. The molecule has 1 N–H and O–H groups in total. The Morgan fingerprint density at radius 1 is 1.31 bits per heavy atom. The van der Waals surface area contributed by atoms with E-state index < -0.39 is 5.97 Å². The summed E-state index contributed by atoms with van der Waals surface area (Å²) < 4.78 is 0.854. The fraction of sp³-hybridized carbons (Fsp3) is 0.308. The van der Waals surface area contributed by atoms with Gasteiger partial charge in [-0.25, -0.2) is 4.79 Å². The zero-order valence-electron chi connectivity index (χ0n) is 8.82. The summed E-state index contributed by atoms with van der Waals surface area (Å²) in [6.07, 6.45) is 2.46. The highest BCUT2D eigenvalue weighted by Crippen LogP contribution is 2.38. The molecule has 3 heteroatoms. The van der Waals surface area contributed by atoms with E-state index in [9.17, 15) is 4.79 Å². The van der Waals surface area contributed by atoms with Crippen molar-refractivity contribution in [1.29, 1.82) is 0 Å². The van der Waals surface area contributed by atoms with Gasteiger partial charge >= 0.3 is 5.97 Å². The van der Waals surface area contributed by atoms with Gasteiger partial charge in [-0.2, -0.15) is 0 Å². The maximum atomic E-state index is 11.1. The number of hydrogen-bond donors (Lipinski definition) is 1. The molecule has 0 saturated carbocycles. The third-order valence-electron chi connectivity index (χ3n) is 3.02. The second kappa shape index (κ2) is 4.83. The van der Waals surface area contributed by atoms with Crippen molar-refractivity contribution >= 4 is 21.9 Å². The van der Waals surface area contributed by atoms with E-state index in [1.54, 1.807) is 0 Å². The van der Waals surface area contributed by atoms with Crippen molar-refractivity contribution in [3.63, 3.8) is 0 Å². The summed E-state index contributed by atoms with van der Waals surface area (Å²) in [5, 5.41) is 9.09. The molecule has 1 unspecified atom stereocenters. The molecule has 16 heavy (non-hydrogen) atoms. The number of carboxylic acid groups (broad SMARTS) is 1. The SMILES string of the molecule is O=C(O)C1=C(Br)CCC(c2ccccc2)C1. The number of allylic oxidation sites excluding steroid dienone is 1. The zero-order chi connectivity index (χ0) is 11.5. The summed E-state index contributed by atoms with van der Waals surface area (Å²) >= 11 is 3.35. The van der Waals surface area contributed by atoms with Crippen LogP contribution < -0.4 is 0 Å². The van der Waals surface area contributed by atoms with Crippen LogP contribution in [0.3, 0.4) is 0 Å². The van der Waals surface area contributed by atoms with Crippen LogP contribution in [0.4, 0.5) is 0 Å². The molecule has 1 aromatic rings. The first kappa shape index (κ1) is 11.4. The highest BCUT2D eigenvalue weighted by molar-refractivity contribution is 9.11. The van der Waals surface area contributed by atoms with Crippen LogP contribution in [0.25, 0.3) is 0 Å². The van der Waals surface area contributed by atoms with E-state index in [4.69, 9.17) is 5.11 Å². The zero-order valence-corrected chi connectivity index (χ0v) is 10.4. The van der Waals surface area contributed by atoms with Gasteiger partial charge in [0.25, 0.3) is 0 Å². The standard InChI is InChI=1S/C13H13BrO2/c14-12-7-6-10(8-11(12)13(15)16)9-4-2-1-3-5-9/h1-5,10H,6-8H2,(H,15,16). The molecule has 0 saturated heterocycles. The Bertz CT molecular complexity index is 423. The Balaban J connectivity index is 2.21. The molecule has 2 nitrogen and oxygen atoms in total. The maximum Gasteiger partial charge on any atom is 0.332 e. The average molecular weight is 281 g/mol. The first-order valence-electron chi connectivity index (χ1n) is 5.34. The van der Waals surface area contributed by atoms with E-state index >= 15 is 0 Å². The van der Waals surface area contributed by atoms with Gasteiger partial charge in [0.2, 0.25) is 0 Å². The lowest BCUT2D eigenvalue weighted by molar-refractivity contribution is -0.133. The number of aliphatic carboxylic acids is 1. The smallest absolute Gasteiger partial charge is 0.332 e. The summed E-state index contributed by atoms with van der Waals surface area (Å²) in [5.74, 6) is -0.457. The van der Waals surface area contributed by atoms with E-state index in [0.717, 1.165) is 17.3 Å². The molecule has 1 aromatic carbocycles. The molecule has 1 aliphatic carbocycles.